The molecule has 2 aliphatic rings. The Hall–Kier alpha value is -1.98. The van der Waals surface area contributed by atoms with Crippen molar-refractivity contribution in [2.75, 3.05) is 45.9 Å². The quantitative estimate of drug-likeness (QED) is 0.851. The monoisotopic (exact) mass is 353 g/mol. The van der Waals surface area contributed by atoms with Crippen LogP contribution in [0, 0.1) is 5.92 Å². The minimum Gasteiger partial charge on any atom is -0.379 e. The van der Waals surface area contributed by atoms with Gasteiger partial charge in [-0.25, -0.2) is 0 Å². The van der Waals surface area contributed by atoms with Crippen LogP contribution in [-0.2, 0) is 4.74 Å². The fourth-order valence-corrected chi connectivity index (χ4v) is 4.14. The Labute approximate surface area is 154 Å². The highest BCUT2D eigenvalue weighted by molar-refractivity contribution is 6.05. The van der Waals surface area contributed by atoms with Gasteiger partial charge < -0.3 is 9.64 Å². The van der Waals surface area contributed by atoms with Crippen molar-refractivity contribution in [2.45, 2.75) is 19.3 Å². The summed E-state index contributed by atoms with van der Waals surface area (Å²) in [6.45, 7) is 6.59. The number of nitrogens with zero attached hydrogens (tertiary/aromatic N) is 3. The third kappa shape index (κ3) is 3.89. The van der Waals surface area contributed by atoms with Crippen molar-refractivity contribution in [3.05, 3.63) is 42.2 Å². The number of benzene rings is 1. The first-order valence-corrected chi connectivity index (χ1v) is 9.74. The number of morpholine rings is 1. The summed E-state index contributed by atoms with van der Waals surface area (Å²) in [6, 6.07) is 9.97. The van der Waals surface area contributed by atoms with Crippen LogP contribution in [0.25, 0.3) is 10.8 Å². The molecule has 138 valence electrons. The van der Waals surface area contributed by atoms with Gasteiger partial charge in [0, 0.05) is 44.3 Å². The molecule has 2 fully saturated rings. The number of hydrogen-bond acceptors (Lipinski definition) is 4. The van der Waals surface area contributed by atoms with Crippen molar-refractivity contribution in [3.63, 3.8) is 0 Å². The number of carbonyl (C=O) groups excluding carboxylic acids is 1. The van der Waals surface area contributed by atoms with Gasteiger partial charge in [0.25, 0.3) is 5.91 Å². The van der Waals surface area contributed by atoms with Gasteiger partial charge in [-0.2, -0.15) is 0 Å². The van der Waals surface area contributed by atoms with E-state index in [1.807, 2.05) is 35.2 Å². The molecule has 1 unspecified atom stereocenters. The van der Waals surface area contributed by atoms with Gasteiger partial charge in [0.1, 0.15) is 5.69 Å². The van der Waals surface area contributed by atoms with Gasteiger partial charge >= 0.3 is 0 Å². The molecule has 5 heteroatoms. The average Bonchev–Trinajstić information content (AvgIpc) is 2.93. The molecule has 0 N–H and O–H groups in total. The fraction of sp³-hybridized carbons (Fsp3) is 0.524. The van der Waals surface area contributed by atoms with Crippen LogP contribution in [0.5, 0.6) is 0 Å². The Morgan fingerprint density at radius 2 is 1.92 bits per heavy atom. The molecule has 1 aromatic carbocycles. The number of aromatic nitrogens is 1. The number of ether oxygens (including phenoxy) is 1. The van der Waals surface area contributed by atoms with Gasteiger partial charge in [0.15, 0.2) is 0 Å². The van der Waals surface area contributed by atoms with Crippen LogP contribution < -0.4 is 0 Å². The van der Waals surface area contributed by atoms with E-state index in [0.717, 1.165) is 69.6 Å². The molecule has 26 heavy (non-hydrogen) atoms. The standard InChI is InChI=1S/C21H27N3O2/c25-21(20-19-6-2-1-5-18(19)7-9-22-20)24-10-3-4-17(8-11-24)16-23-12-14-26-15-13-23/h1-2,5-7,9,17H,3-4,8,10-16H2. The van der Waals surface area contributed by atoms with Gasteiger partial charge in [-0.05, 0) is 36.6 Å². The fourth-order valence-electron chi connectivity index (χ4n) is 4.14. The Kier molecular flexibility index (Phi) is 5.46. The molecular formula is C21H27N3O2. The second kappa shape index (κ2) is 8.14. The lowest BCUT2D eigenvalue weighted by molar-refractivity contribution is 0.0296. The maximum Gasteiger partial charge on any atom is 0.273 e. The number of hydrogen-bond donors (Lipinski definition) is 0. The Morgan fingerprint density at radius 3 is 2.81 bits per heavy atom. The molecule has 1 amide bonds. The lowest BCUT2D eigenvalue weighted by Crippen LogP contribution is -2.39. The molecule has 2 aliphatic heterocycles. The molecule has 3 heterocycles. The first kappa shape index (κ1) is 17.4. The van der Waals surface area contributed by atoms with E-state index in [4.69, 9.17) is 4.74 Å². The van der Waals surface area contributed by atoms with E-state index in [1.54, 1.807) is 6.20 Å². The van der Waals surface area contributed by atoms with Gasteiger partial charge in [-0.3, -0.25) is 14.7 Å². The lowest BCUT2D eigenvalue weighted by atomic mass is 10.00. The molecule has 1 aromatic heterocycles. The molecule has 0 radical (unpaired) electrons. The van der Waals surface area contributed by atoms with E-state index in [2.05, 4.69) is 9.88 Å². The topological polar surface area (TPSA) is 45.7 Å². The molecule has 0 saturated carbocycles. The Morgan fingerprint density at radius 1 is 1.08 bits per heavy atom. The van der Waals surface area contributed by atoms with Crippen LogP contribution in [-0.4, -0.2) is 66.6 Å². The summed E-state index contributed by atoms with van der Waals surface area (Å²) in [5, 5.41) is 2.03. The SMILES string of the molecule is O=C(c1nccc2ccccc12)N1CCCC(CN2CCOCC2)CC1. The maximum atomic E-state index is 13.1. The molecule has 2 saturated heterocycles. The van der Waals surface area contributed by atoms with Crippen LogP contribution >= 0.6 is 0 Å². The van der Waals surface area contributed by atoms with Gasteiger partial charge in [-0.1, -0.05) is 24.3 Å². The minimum absolute atomic E-state index is 0.0776. The molecule has 0 spiro atoms. The summed E-state index contributed by atoms with van der Waals surface area (Å²) in [5.74, 6) is 0.750. The molecule has 2 aromatic rings. The predicted molar refractivity (Wildman–Crippen MR) is 102 cm³/mol. The lowest BCUT2D eigenvalue weighted by Gasteiger charge is -2.30. The van der Waals surface area contributed by atoms with Gasteiger partial charge in [-0.15, -0.1) is 0 Å². The zero-order valence-corrected chi connectivity index (χ0v) is 15.3. The van der Waals surface area contributed by atoms with Crippen LogP contribution in [0.3, 0.4) is 0 Å². The summed E-state index contributed by atoms with van der Waals surface area (Å²) < 4.78 is 5.44. The van der Waals surface area contributed by atoms with E-state index >= 15 is 0 Å². The molecule has 4 rings (SSSR count). The number of pyridine rings is 1. The highest BCUT2D eigenvalue weighted by Crippen LogP contribution is 2.23. The van der Waals surface area contributed by atoms with E-state index in [-0.39, 0.29) is 5.91 Å². The minimum atomic E-state index is 0.0776. The molecule has 5 nitrogen and oxygen atoms in total. The number of likely N-dealkylation sites (tertiary alicyclic amines) is 1. The zero-order valence-electron chi connectivity index (χ0n) is 15.3. The maximum absolute atomic E-state index is 13.1. The molecular weight excluding hydrogens is 326 g/mol. The third-order valence-corrected chi connectivity index (χ3v) is 5.63. The predicted octanol–water partition coefficient (Wildman–Crippen LogP) is 2.81. The third-order valence-electron chi connectivity index (χ3n) is 5.63. The van der Waals surface area contributed by atoms with E-state index in [9.17, 15) is 4.79 Å². The van der Waals surface area contributed by atoms with Crippen LogP contribution in [0.2, 0.25) is 0 Å². The number of fused-ring (bicyclic) bond motifs is 1. The Bertz CT molecular complexity index is 753. The van der Waals surface area contributed by atoms with Gasteiger partial charge in [0.2, 0.25) is 0 Å². The highest BCUT2D eigenvalue weighted by Gasteiger charge is 2.25. The normalized spacial score (nSPS) is 22.3. The summed E-state index contributed by atoms with van der Waals surface area (Å²) in [7, 11) is 0. The second-order valence-corrected chi connectivity index (χ2v) is 7.38. The van der Waals surface area contributed by atoms with Crippen molar-refractivity contribution in [1.82, 2.24) is 14.8 Å². The van der Waals surface area contributed by atoms with E-state index < -0.39 is 0 Å². The molecule has 1 atom stereocenters. The first-order valence-electron chi connectivity index (χ1n) is 9.74. The second-order valence-electron chi connectivity index (χ2n) is 7.38. The van der Waals surface area contributed by atoms with Crippen molar-refractivity contribution in [2.24, 2.45) is 5.92 Å². The van der Waals surface area contributed by atoms with Crippen molar-refractivity contribution in [3.8, 4) is 0 Å². The summed E-state index contributed by atoms with van der Waals surface area (Å²) in [6.07, 6.45) is 5.10. The number of rotatable bonds is 3. The largest absolute Gasteiger partial charge is 0.379 e. The van der Waals surface area contributed by atoms with Crippen molar-refractivity contribution < 1.29 is 9.53 Å². The summed E-state index contributed by atoms with van der Waals surface area (Å²) in [5.41, 5.74) is 0.592. The van der Waals surface area contributed by atoms with Crippen LogP contribution in [0.4, 0.5) is 0 Å². The Balaban J connectivity index is 1.42. The van der Waals surface area contributed by atoms with Crippen LogP contribution in [0.1, 0.15) is 29.8 Å². The van der Waals surface area contributed by atoms with Crippen LogP contribution in [0.15, 0.2) is 36.5 Å². The summed E-state index contributed by atoms with van der Waals surface area (Å²) in [4.78, 5) is 22.0. The number of carbonyl (C=O) groups is 1. The first-order chi connectivity index (χ1) is 12.8. The van der Waals surface area contributed by atoms with Gasteiger partial charge in [0.05, 0.1) is 13.2 Å². The zero-order chi connectivity index (χ0) is 17.8. The number of amides is 1. The highest BCUT2D eigenvalue weighted by atomic mass is 16.5. The van der Waals surface area contributed by atoms with E-state index in [0.29, 0.717) is 11.6 Å². The molecule has 0 aliphatic carbocycles. The smallest absolute Gasteiger partial charge is 0.273 e. The average molecular weight is 353 g/mol. The van der Waals surface area contributed by atoms with Crippen molar-refractivity contribution in [1.29, 1.82) is 0 Å². The van der Waals surface area contributed by atoms with Crippen molar-refractivity contribution >= 4 is 16.7 Å². The molecule has 0 bridgehead atoms. The van der Waals surface area contributed by atoms with E-state index in [1.165, 1.54) is 6.42 Å². The summed E-state index contributed by atoms with van der Waals surface area (Å²) >= 11 is 0.